The Bertz CT molecular complexity index is 836. The van der Waals surface area contributed by atoms with Crippen molar-refractivity contribution >= 4 is 16.7 Å². The van der Waals surface area contributed by atoms with Crippen LogP contribution in [0.3, 0.4) is 0 Å². The highest BCUT2D eigenvalue weighted by atomic mass is 15.2. The first kappa shape index (κ1) is 14.3. The molecule has 0 atom stereocenters. The molecule has 5 heteroatoms. The molecule has 1 fully saturated rings. The first-order chi connectivity index (χ1) is 11.1. The molecule has 3 heterocycles. The summed E-state index contributed by atoms with van der Waals surface area (Å²) in [5, 5.41) is 0. The molecule has 0 bridgehead atoms. The summed E-state index contributed by atoms with van der Waals surface area (Å²) < 4.78 is 0. The Hall–Kier alpha value is -2.27. The first-order valence-corrected chi connectivity index (χ1v) is 8.20. The van der Waals surface area contributed by atoms with Crippen LogP contribution in [0.1, 0.15) is 11.3 Å². The number of fused-ring (bicyclic) bond motifs is 1. The molecule has 0 spiro atoms. The van der Waals surface area contributed by atoms with E-state index in [4.69, 9.17) is 4.98 Å². The fraction of sp³-hybridized carbons (Fsp3) is 0.389. The van der Waals surface area contributed by atoms with Gasteiger partial charge in [-0.05, 0) is 50.7 Å². The maximum Gasteiger partial charge on any atom is 0.154 e. The van der Waals surface area contributed by atoms with Crippen molar-refractivity contribution in [1.29, 1.82) is 0 Å². The lowest BCUT2D eigenvalue weighted by molar-refractivity contribution is 0.313. The summed E-state index contributed by atoms with van der Waals surface area (Å²) in [6, 6.07) is 8.65. The molecule has 3 aromatic rings. The Morgan fingerprint density at radius 3 is 2.48 bits per heavy atom. The third-order valence-electron chi connectivity index (χ3n) is 4.72. The number of H-pyrrole nitrogens is 2. The largest absolute Gasteiger partial charge is 0.369 e. The van der Waals surface area contributed by atoms with Crippen molar-refractivity contribution in [2.24, 2.45) is 0 Å². The van der Waals surface area contributed by atoms with Gasteiger partial charge in [0.15, 0.2) is 5.82 Å². The van der Waals surface area contributed by atoms with Crippen molar-refractivity contribution in [1.82, 2.24) is 19.9 Å². The normalized spacial score (nSPS) is 16.4. The lowest BCUT2D eigenvalue weighted by Crippen LogP contribution is -2.44. The molecule has 0 amide bonds. The van der Waals surface area contributed by atoms with Gasteiger partial charge >= 0.3 is 0 Å². The second kappa shape index (κ2) is 5.42. The van der Waals surface area contributed by atoms with E-state index in [1.165, 1.54) is 11.3 Å². The summed E-state index contributed by atoms with van der Waals surface area (Å²) in [5.41, 5.74) is 6.88. The zero-order valence-corrected chi connectivity index (χ0v) is 14.0. The standard InChI is InChI=1S/C18H23N5/c1-12-10-14(23-8-6-22(3)7-9-23)11-16-17(12)21-18(20-16)15-5-4-13(2)19-15/h4-5,10-11,19H,6-9H2,1-3H3,(H,20,21). The predicted molar refractivity (Wildman–Crippen MR) is 95.1 cm³/mol. The molecule has 4 rings (SSSR count). The summed E-state index contributed by atoms with van der Waals surface area (Å²) in [6.45, 7) is 8.60. The van der Waals surface area contributed by atoms with Crippen molar-refractivity contribution in [2.75, 3.05) is 38.1 Å². The summed E-state index contributed by atoms with van der Waals surface area (Å²) in [5.74, 6) is 0.909. The SMILES string of the molecule is Cc1ccc(-c2nc3c(C)cc(N4CCN(C)CC4)cc3[nH]2)[nH]1. The molecule has 0 aliphatic carbocycles. The molecule has 0 radical (unpaired) electrons. The van der Waals surface area contributed by atoms with Gasteiger partial charge in [-0.3, -0.25) is 0 Å². The third kappa shape index (κ3) is 2.61. The van der Waals surface area contributed by atoms with Crippen LogP contribution >= 0.6 is 0 Å². The zero-order valence-electron chi connectivity index (χ0n) is 14.0. The highest BCUT2D eigenvalue weighted by molar-refractivity contribution is 5.85. The molecule has 1 aliphatic rings. The van der Waals surface area contributed by atoms with E-state index in [0.29, 0.717) is 0 Å². The van der Waals surface area contributed by atoms with Crippen LogP contribution in [0.4, 0.5) is 5.69 Å². The molecule has 5 nitrogen and oxygen atoms in total. The number of nitrogens with zero attached hydrogens (tertiary/aromatic N) is 3. The van der Waals surface area contributed by atoms with Crippen molar-refractivity contribution in [3.8, 4) is 11.5 Å². The van der Waals surface area contributed by atoms with Crippen LogP contribution in [0.2, 0.25) is 0 Å². The van der Waals surface area contributed by atoms with Gasteiger partial charge < -0.3 is 19.8 Å². The fourth-order valence-electron chi connectivity index (χ4n) is 3.29. The van der Waals surface area contributed by atoms with E-state index in [2.05, 4.69) is 64.9 Å². The van der Waals surface area contributed by atoms with E-state index in [1.54, 1.807) is 0 Å². The van der Waals surface area contributed by atoms with Gasteiger partial charge in [0, 0.05) is 37.6 Å². The van der Waals surface area contributed by atoms with Crippen LogP contribution in [0.15, 0.2) is 24.3 Å². The fourth-order valence-corrected chi connectivity index (χ4v) is 3.29. The molecular formula is C18H23N5. The molecule has 0 saturated carbocycles. The van der Waals surface area contributed by atoms with Crippen LogP contribution in [-0.2, 0) is 0 Å². The van der Waals surface area contributed by atoms with Crippen molar-refractivity contribution < 1.29 is 0 Å². The molecule has 120 valence electrons. The number of aryl methyl sites for hydroxylation is 2. The quantitative estimate of drug-likeness (QED) is 0.765. The number of rotatable bonds is 2. The van der Waals surface area contributed by atoms with E-state index in [9.17, 15) is 0 Å². The summed E-state index contributed by atoms with van der Waals surface area (Å²) >= 11 is 0. The van der Waals surface area contributed by atoms with Crippen molar-refractivity contribution in [2.45, 2.75) is 13.8 Å². The number of benzene rings is 1. The van der Waals surface area contributed by atoms with Crippen LogP contribution < -0.4 is 4.90 Å². The van der Waals surface area contributed by atoms with Gasteiger partial charge in [0.05, 0.1) is 16.7 Å². The maximum atomic E-state index is 4.78. The number of piperazine rings is 1. The summed E-state index contributed by atoms with van der Waals surface area (Å²) in [6.07, 6.45) is 0. The number of aromatic nitrogens is 3. The second-order valence-corrected chi connectivity index (χ2v) is 6.59. The molecule has 1 aliphatic heterocycles. The predicted octanol–water partition coefficient (Wildman–Crippen LogP) is 2.93. The van der Waals surface area contributed by atoms with Crippen LogP contribution in [-0.4, -0.2) is 53.1 Å². The minimum absolute atomic E-state index is 0.909. The van der Waals surface area contributed by atoms with Gasteiger partial charge in [-0.15, -0.1) is 0 Å². The molecule has 1 aromatic carbocycles. The Morgan fingerprint density at radius 2 is 1.78 bits per heavy atom. The number of hydrogen-bond donors (Lipinski definition) is 2. The van der Waals surface area contributed by atoms with E-state index < -0.39 is 0 Å². The maximum absolute atomic E-state index is 4.78. The first-order valence-electron chi connectivity index (χ1n) is 8.20. The Kier molecular flexibility index (Phi) is 3.38. The van der Waals surface area contributed by atoms with Gasteiger partial charge in [0.2, 0.25) is 0 Å². The van der Waals surface area contributed by atoms with Crippen LogP contribution in [0, 0.1) is 13.8 Å². The highest BCUT2D eigenvalue weighted by Gasteiger charge is 2.17. The van der Waals surface area contributed by atoms with Gasteiger partial charge in [0.1, 0.15) is 0 Å². The highest BCUT2D eigenvalue weighted by Crippen LogP contribution is 2.27. The summed E-state index contributed by atoms with van der Waals surface area (Å²) in [4.78, 5) is 16.4. The molecule has 2 aromatic heterocycles. The third-order valence-corrected chi connectivity index (χ3v) is 4.72. The topological polar surface area (TPSA) is 51.0 Å². The summed E-state index contributed by atoms with van der Waals surface area (Å²) in [7, 11) is 2.19. The minimum atomic E-state index is 0.909. The molecule has 0 unspecified atom stereocenters. The van der Waals surface area contributed by atoms with Gasteiger partial charge in [-0.2, -0.15) is 0 Å². The number of aromatic amines is 2. The number of hydrogen-bond acceptors (Lipinski definition) is 3. The molecular weight excluding hydrogens is 286 g/mol. The number of likely N-dealkylation sites (N-methyl/N-ethyl adjacent to an activating group) is 1. The van der Waals surface area contributed by atoms with E-state index in [0.717, 1.165) is 54.4 Å². The average Bonchev–Trinajstić information content (AvgIpc) is 3.14. The van der Waals surface area contributed by atoms with E-state index in [-0.39, 0.29) is 0 Å². The monoisotopic (exact) mass is 309 g/mol. The van der Waals surface area contributed by atoms with Crippen LogP contribution in [0.25, 0.3) is 22.6 Å². The Balaban J connectivity index is 1.72. The van der Waals surface area contributed by atoms with E-state index >= 15 is 0 Å². The van der Waals surface area contributed by atoms with Crippen molar-refractivity contribution in [3.05, 3.63) is 35.5 Å². The smallest absolute Gasteiger partial charge is 0.154 e. The van der Waals surface area contributed by atoms with Gasteiger partial charge in [-0.1, -0.05) is 0 Å². The zero-order chi connectivity index (χ0) is 16.0. The molecule has 23 heavy (non-hydrogen) atoms. The van der Waals surface area contributed by atoms with Gasteiger partial charge in [0.25, 0.3) is 0 Å². The Labute approximate surface area is 136 Å². The molecule has 2 N–H and O–H groups in total. The van der Waals surface area contributed by atoms with Gasteiger partial charge in [-0.25, -0.2) is 4.98 Å². The second-order valence-electron chi connectivity index (χ2n) is 6.59. The lowest BCUT2D eigenvalue weighted by Gasteiger charge is -2.34. The average molecular weight is 309 g/mol. The number of nitrogens with one attached hydrogen (secondary N) is 2. The number of anilines is 1. The Morgan fingerprint density at radius 1 is 1.00 bits per heavy atom. The molecule has 1 saturated heterocycles. The number of imidazole rings is 1. The van der Waals surface area contributed by atoms with Crippen LogP contribution in [0.5, 0.6) is 0 Å². The van der Waals surface area contributed by atoms with Crippen molar-refractivity contribution in [3.63, 3.8) is 0 Å². The van der Waals surface area contributed by atoms with E-state index in [1.807, 2.05) is 0 Å². The lowest BCUT2D eigenvalue weighted by atomic mass is 10.1. The minimum Gasteiger partial charge on any atom is -0.369 e.